The van der Waals surface area contributed by atoms with Crippen LogP contribution in [0.25, 0.3) is 5.69 Å². The Balaban J connectivity index is 2.52. The van der Waals surface area contributed by atoms with E-state index in [-0.39, 0.29) is 10.6 Å². The Kier molecular flexibility index (Phi) is 3.10. The highest BCUT2D eigenvalue weighted by molar-refractivity contribution is 5.36. The molecule has 0 saturated carbocycles. The molecule has 0 aliphatic carbocycles. The van der Waals surface area contributed by atoms with E-state index in [4.69, 9.17) is 0 Å². The van der Waals surface area contributed by atoms with E-state index in [1.807, 2.05) is 13.8 Å². The van der Waals surface area contributed by atoms with Crippen LogP contribution < -0.4 is 4.57 Å². The molecule has 0 saturated heterocycles. The molecule has 0 spiro atoms. The molecule has 18 heavy (non-hydrogen) atoms. The lowest BCUT2D eigenvalue weighted by Gasteiger charge is -2.04. The Morgan fingerprint density at radius 3 is 1.94 bits per heavy atom. The first-order valence-electron chi connectivity index (χ1n) is 5.74. The van der Waals surface area contributed by atoms with Crippen LogP contribution in [0.5, 0.6) is 0 Å². The van der Waals surface area contributed by atoms with Crippen molar-refractivity contribution in [2.75, 3.05) is 0 Å². The smallest absolute Gasteiger partial charge is 0.258 e. The Bertz CT molecular complexity index is 581. The lowest BCUT2D eigenvalue weighted by atomic mass is 10.2. The van der Waals surface area contributed by atoms with Gasteiger partial charge in [-0.1, -0.05) is 0 Å². The Labute approximate surface area is 106 Å². The third-order valence-corrected chi connectivity index (χ3v) is 2.90. The average Bonchev–Trinajstić information content (AvgIpc) is 2.28. The van der Waals surface area contributed by atoms with Crippen LogP contribution in [0.3, 0.4) is 0 Å². The van der Waals surface area contributed by atoms with Crippen LogP contribution in [-0.4, -0.2) is 4.92 Å². The summed E-state index contributed by atoms with van der Waals surface area (Å²) >= 11 is 0. The second-order valence-corrected chi connectivity index (χ2v) is 4.42. The summed E-state index contributed by atoms with van der Waals surface area (Å²) in [5.74, 6) is 0. The molecule has 92 valence electrons. The number of hydrogen-bond acceptors (Lipinski definition) is 2. The van der Waals surface area contributed by atoms with Crippen molar-refractivity contribution < 1.29 is 9.49 Å². The van der Waals surface area contributed by atoms with Gasteiger partial charge in [0, 0.05) is 50.2 Å². The molecule has 0 unspecified atom stereocenters. The van der Waals surface area contributed by atoms with Gasteiger partial charge in [0.15, 0.2) is 11.4 Å². The van der Waals surface area contributed by atoms with Gasteiger partial charge in [-0.2, -0.15) is 4.57 Å². The lowest BCUT2D eigenvalue weighted by Crippen LogP contribution is -2.37. The minimum Gasteiger partial charge on any atom is -0.258 e. The highest BCUT2D eigenvalue weighted by atomic mass is 16.6. The molecule has 0 N–H and O–H groups in total. The Morgan fingerprint density at radius 1 is 1.00 bits per heavy atom. The molecule has 1 aromatic carbocycles. The molecule has 0 aliphatic rings. The predicted octanol–water partition coefficient (Wildman–Crippen LogP) is 2.80. The molecule has 1 heterocycles. The van der Waals surface area contributed by atoms with Crippen molar-refractivity contribution in [1.29, 1.82) is 0 Å². The number of pyridine rings is 1. The summed E-state index contributed by atoms with van der Waals surface area (Å²) in [5, 5.41) is 10.6. The zero-order valence-electron chi connectivity index (χ0n) is 10.7. The van der Waals surface area contributed by atoms with Crippen LogP contribution in [0.4, 0.5) is 5.69 Å². The fraction of sp³-hybridized carbons (Fsp3) is 0.214. The fourth-order valence-corrected chi connectivity index (χ4v) is 2.24. The number of aromatic nitrogens is 1. The van der Waals surface area contributed by atoms with E-state index in [0.717, 1.165) is 17.1 Å². The zero-order valence-corrected chi connectivity index (χ0v) is 10.7. The predicted molar refractivity (Wildman–Crippen MR) is 68.8 cm³/mol. The van der Waals surface area contributed by atoms with Gasteiger partial charge in [0.2, 0.25) is 5.69 Å². The zero-order chi connectivity index (χ0) is 13.3. The van der Waals surface area contributed by atoms with Gasteiger partial charge in [-0.3, -0.25) is 10.1 Å². The largest absolute Gasteiger partial charge is 0.269 e. The van der Waals surface area contributed by atoms with E-state index in [1.54, 1.807) is 12.1 Å². The molecule has 0 bridgehead atoms. The Hall–Kier alpha value is -2.23. The van der Waals surface area contributed by atoms with E-state index < -0.39 is 0 Å². The number of hydrogen-bond donors (Lipinski definition) is 0. The van der Waals surface area contributed by atoms with E-state index >= 15 is 0 Å². The number of benzene rings is 1. The lowest BCUT2D eigenvalue weighted by molar-refractivity contribution is -0.609. The second-order valence-electron chi connectivity index (χ2n) is 4.42. The van der Waals surface area contributed by atoms with Crippen molar-refractivity contribution in [3.63, 3.8) is 0 Å². The molecule has 0 amide bonds. The van der Waals surface area contributed by atoms with Crippen molar-refractivity contribution >= 4 is 5.69 Å². The van der Waals surface area contributed by atoms with Gasteiger partial charge in [-0.15, -0.1) is 0 Å². The van der Waals surface area contributed by atoms with Gasteiger partial charge in [-0.05, 0) is 12.5 Å². The maximum Gasteiger partial charge on any atom is 0.269 e. The first kappa shape index (κ1) is 12.2. The molecule has 0 fully saturated rings. The van der Waals surface area contributed by atoms with Gasteiger partial charge >= 0.3 is 0 Å². The molecule has 0 radical (unpaired) electrons. The van der Waals surface area contributed by atoms with Crippen molar-refractivity contribution in [3.8, 4) is 5.69 Å². The summed E-state index contributed by atoms with van der Waals surface area (Å²) in [6.07, 6.45) is 0. The minimum absolute atomic E-state index is 0.113. The van der Waals surface area contributed by atoms with E-state index in [0.29, 0.717) is 0 Å². The molecule has 4 heteroatoms. The first-order valence-corrected chi connectivity index (χ1v) is 5.74. The van der Waals surface area contributed by atoms with Crippen molar-refractivity contribution in [2.24, 2.45) is 0 Å². The number of nitro benzene ring substituents is 1. The number of nitro groups is 1. The first-order chi connectivity index (χ1) is 8.49. The fourth-order valence-electron chi connectivity index (χ4n) is 2.24. The molecular weight excluding hydrogens is 228 g/mol. The van der Waals surface area contributed by atoms with Crippen molar-refractivity contribution in [2.45, 2.75) is 20.8 Å². The van der Waals surface area contributed by atoms with Crippen LogP contribution in [0.1, 0.15) is 17.0 Å². The van der Waals surface area contributed by atoms with Gasteiger partial charge in [-0.25, -0.2) is 0 Å². The summed E-state index contributed by atoms with van der Waals surface area (Å²) in [6.45, 7) is 6.11. The van der Waals surface area contributed by atoms with Gasteiger partial charge in [0.1, 0.15) is 0 Å². The molecule has 2 aromatic rings. The van der Waals surface area contributed by atoms with Crippen LogP contribution >= 0.6 is 0 Å². The van der Waals surface area contributed by atoms with E-state index in [2.05, 4.69) is 23.6 Å². The monoisotopic (exact) mass is 243 g/mol. The second kappa shape index (κ2) is 4.56. The summed E-state index contributed by atoms with van der Waals surface area (Å²) in [7, 11) is 0. The van der Waals surface area contributed by atoms with Crippen LogP contribution in [-0.2, 0) is 0 Å². The average molecular weight is 243 g/mol. The van der Waals surface area contributed by atoms with Crippen molar-refractivity contribution in [3.05, 3.63) is 63.5 Å². The summed E-state index contributed by atoms with van der Waals surface area (Å²) < 4.78 is 2.08. The molecule has 0 atom stereocenters. The molecule has 2 rings (SSSR count). The highest BCUT2D eigenvalue weighted by Gasteiger charge is 2.16. The maximum absolute atomic E-state index is 10.6. The van der Waals surface area contributed by atoms with E-state index in [1.165, 1.54) is 17.7 Å². The maximum atomic E-state index is 10.6. The SMILES string of the molecule is Cc1cc(C)[n+](-c2ccc([N+](=O)[O-])cc2)c(C)c1. The van der Waals surface area contributed by atoms with Crippen LogP contribution in [0.15, 0.2) is 36.4 Å². The van der Waals surface area contributed by atoms with Crippen LogP contribution in [0.2, 0.25) is 0 Å². The third kappa shape index (κ3) is 2.22. The quantitative estimate of drug-likeness (QED) is 0.462. The topological polar surface area (TPSA) is 47.0 Å². The molecule has 1 aromatic heterocycles. The van der Waals surface area contributed by atoms with Crippen LogP contribution in [0, 0.1) is 30.9 Å². The molecular formula is C14H15N2O2+. The number of rotatable bonds is 2. The normalized spacial score (nSPS) is 10.4. The number of non-ortho nitro benzene ring substituents is 1. The summed E-state index contributed by atoms with van der Waals surface area (Å²) in [4.78, 5) is 10.2. The minimum atomic E-state index is -0.386. The summed E-state index contributed by atoms with van der Waals surface area (Å²) in [6, 6.07) is 10.8. The number of aryl methyl sites for hydroxylation is 3. The van der Waals surface area contributed by atoms with Gasteiger partial charge in [0.05, 0.1) is 4.92 Å². The summed E-state index contributed by atoms with van der Waals surface area (Å²) in [5.41, 5.74) is 4.49. The Morgan fingerprint density at radius 2 is 1.50 bits per heavy atom. The standard InChI is InChI=1S/C14H15N2O2/c1-10-8-11(2)15(12(3)9-10)13-4-6-14(7-5-13)16(17)18/h4-9H,1-3H3/q+1. The van der Waals surface area contributed by atoms with Gasteiger partial charge in [0.25, 0.3) is 5.69 Å². The molecule has 4 nitrogen and oxygen atoms in total. The van der Waals surface area contributed by atoms with Gasteiger partial charge < -0.3 is 0 Å². The van der Waals surface area contributed by atoms with E-state index in [9.17, 15) is 10.1 Å². The third-order valence-electron chi connectivity index (χ3n) is 2.90. The molecule has 0 aliphatic heterocycles. The highest BCUT2D eigenvalue weighted by Crippen LogP contribution is 2.13. The van der Waals surface area contributed by atoms with Crippen molar-refractivity contribution in [1.82, 2.24) is 0 Å². The number of nitrogens with zero attached hydrogens (tertiary/aromatic N) is 2.